The van der Waals surface area contributed by atoms with Gasteiger partial charge in [-0.05, 0) is 42.0 Å². The molecule has 0 aromatic carbocycles. The summed E-state index contributed by atoms with van der Waals surface area (Å²) in [5.41, 5.74) is -0.544. The second-order valence-electron chi connectivity index (χ2n) is 7.97. The van der Waals surface area contributed by atoms with Gasteiger partial charge >= 0.3 is 6.09 Å². The van der Waals surface area contributed by atoms with Crippen LogP contribution in [0.3, 0.4) is 0 Å². The van der Waals surface area contributed by atoms with Crippen LogP contribution in [0, 0.1) is 0 Å². The van der Waals surface area contributed by atoms with E-state index in [2.05, 4.69) is 20.9 Å². The largest absolute Gasteiger partial charge is 0.500 e. The minimum Gasteiger partial charge on any atom is -0.500 e. The summed E-state index contributed by atoms with van der Waals surface area (Å²) in [4.78, 5) is 32.9. The molecule has 0 N–H and O–H groups in total. The number of rotatable bonds is 2. The van der Waals surface area contributed by atoms with Gasteiger partial charge in [-0.1, -0.05) is 0 Å². The second kappa shape index (κ2) is 7.77. The number of aromatic nitrogens is 1. The maximum absolute atomic E-state index is 13.1. The van der Waals surface area contributed by atoms with Gasteiger partial charge in [0.2, 0.25) is 5.88 Å². The van der Waals surface area contributed by atoms with Crippen LogP contribution in [0.25, 0.3) is 0 Å². The van der Waals surface area contributed by atoms with Gasteiger partial charge < -0.3 is 24.0 Å². The van der Waals surface area contributed by atoms with Gasteiger partial charge in [-0.25, -0.2) is 9.78 Å². The highest BCUT2D eigenvalue weighted by Gasteiger charge is 2.39. The number of fused-ring (bicyclic) bond motifs is 2. The number of carbonyl (C=O) groups is 2. The van der Waals surface area contributed by atoms with Crippen molar-refractivity contribution in [2.75, 3.05) is 26.2 Å². The summed E-state index contributed by atoms with van der Waals surface area (Å²) in [6.45, 7) is 6.55. The molecular formula is C17H19B3BrN3O5. The zero-order valence-corrected chi connectivity index (χ0v) is 18.1. The summed E-state index contributed by atoms with van der Waals surface area (Å²) in [5, 5.41) is -1.96. The van der Waals surface area contributed by atoms with Crippen molar-refractivity contribution in [3.8, 4) is 11.6 Å². The summed E-state index contributed by atoms with van der Waals surface area (Å²) >= 11 is 3.28. The summed E-state index contributed by atoms with van der Waals surface area (Å²) in [6, 6.07) is 1.20. The fraction of sp³-hybridized carbons (Fsp3) is 0.588. The van der Waals surface area contributed by atoms with E-state index in [0.29, 0.717) is 17.6 Å². The van der Waals surface area contributed by atoms with Crippen molar-refractivity contribution in [2.45, 2.75) is 37.7 Å². The molecule has 1 aromatic heterocycles. The van der Waals surface area contributed by atoms with E-state index in [1.54, 1.807) is 36.6 Å². The molecule has 148 valence electrons. The first kappa shape index (κ1) is 21.9. The summed E-state index contributed by atoms with van der Waals surface area (Å²) < 4.78 is 16.8. The number of pyridine rings is 1. The van der Waals surface area contributed by atoms with Crippen LogP contribution in [-0.2, 0) is 4.74 Å². The van der Waals surface area contributed by atoms with Crippen molar-refractivity contribution in [3.63, 3.8) is 0 Å². The van der Waals surface area contributed by atoms with Crippen molar-refractivity contribution in [1.82, 2.24) is 14.8 Å². The molecule has 1 fully saturated rings. The van der Waals surface area contributed by atoms with Gasteiger partial charge in [0.15, 0.2) is 11.4 Å². The Bertz CT molecular complexity index is 828. The van der Waals surface area contributed by atoms with Crippen molar-refractivity contribution in [2.24, 2.45) is 0 Å². The molecule has 1 saturated heterocycles. The second-order valence-corrected chi connectivity index (χ2v) is 8.82. The van der Waals surface area contributed by atoms with E-state index in [1.165, 1.54) is 0 Å². The predicted octanol–water partition coefficient (Wildman–Crippen LogP) is 0.794. The zero-order valence-electron chi connectivity index (χ0n) is 16.5. The first-order valence-corrected chi connectivity index (χ1v) is 9.81. The Morgan fingerprint density at radius 3 is 2.62 bits per heavy atom. The van der Waals surface area contributed by atoms with Crippen LogP contribution in [-0.4, -0.2) is 93.5 Å². The van der Waals surface area contributed by atoms with Crippen molar-refractivity contribution >= 4 is 51.5 Å². The van der Waals surface area contributed by atoms with Crippen LogP contribution in [0.2, 0.25) is 0 Å². The number of amides is 2. The average Bonchev–Trinajstić information content (AvgIpc) is 2.70. The molecule has 3 rings (SSSR count). The third-order valence-corrected chi connectivity index (χ3v) is 4.78. The number of halogens is 1. The van der Waals surface area contributed by atoms with E-state index >= 15 is 0 Å². The fourth-order valence-corrected chi connectivity index (χ4v) is 3.41. The minimum atomic E-state index is -1.96. The molecule has 12 heteroatoms. The van der Waals surface area contributed by atoms with Gasteiger partial charge in [-0.2, -0.15) is 0 Å². The van der Waals surface area contributed by atoms with E-state index < -0.39 is 17.0 Å². The molecule has 2 aliphatic rings. The molecule has 29 heavy (non-hydrogen) atoms. The van der Waals surface area contributed by atoms with Gasteiger partial charge in [0.1, 0.15) is 35.7 Å². The lowest BCUT2D eigenvalue weighted by molar-refractivity contribution is 0.000893. The minimum absolute atomic E-state index is 0.0287. The molecule has 1 aromatic rings. The van der Waals surface area contributed by atoms with Gasteiger partial charge in [0.25, 0.3) is 5.91 Å². The molecule has 6 radical (unpaired) electrons. The molecule has 0 unspecified atom stereocenters. The average molecular weight is 458 g/mol. The molecule has 0 aliphatic carbocycles. The Kier molecular flexibility index (Phi) is 5.86. The monoisotopic (exact) mass is 457 g/mol. The van der Waals surface area contributed by atoms with E-state index in [4.69, 9.17) is 37.7 Å². The Morgan fingerprint density at radius 2 is 2.00 bits per heavy atom. The maximum Gasteiger partial charge on any atom is 0.410 e. The van der Waals surface area contributed by atoms with Crippen molar-refractivity contribution < 1.29 is 23.8 Å². The lowest BCUT2D eigenvalue weighted by Crippen LogP contribution is -2.58. The van der Waals surface area contributed by atoms with Gasteiger partial charge in [-0.15, -0.1) is 0 Å². The van der Waals surface area contributed by atoms with Crippen LogP contribution in [0.4, 0.5) is 4.79 Å². The predicted molar refractivity (Wildman–Crippen MR) is 111 cm³/mol. The standard InChI is InChI=1S/C17H19B3BrN3O5/c1-16(2,3)29-15(26)23-4-5-24-9(7-23)8-27-11-6-10(21)13(28-17(18,19)20)22-12(11)14(24)25/h6,9H,4-5,7-8H2,1-3H3/t9-/m1/s1. The summed E-state index contributed by atoms with van der Waals surface area (Å²) in [7, 11) is 16.4. The van der Waals surface area contributed by atoms with Gasteiger partial charge in [0, 0.05) is 25.7 Å². The Labute approximate surface area is 182 Å². The molecule has 1 atom stereocenters. The SMILES string of the molecule is [B]C([B])([B])Oc1nc2c(cc1Br)OC[C@H]1CN(C(=O)OC(C)(C)C)CCN1C2=O. The van der Waals surface area contributed by atoms with Gasteiger partial charge in [-0.3, -0.25) is 4.79 Å². The quantitative estimate of drug-likeness (QED) is 0.611. The molecule has 0 saturated carbocycles. The lowest BCUT2D eigenvalue weighted by atomic mass is 9.52. The normalized spacial score (nSPS) is 19.6. The summed E-state index contributed by atoms with van der Waals surface area (Å²) in [5.74, 6) is -0.0940. The highest BCUT2D eigenvalue weighted by atomic mass is 79.9. The van der Waals surface area contributed by atoms with E-state index in [-0.39, 0.29) is 42.4 Å². The number of piperazine rings is 1. The highest BCUT2D eigenvalue weighted by molar-refractivity contribution is 9.10. The third-order valence-electron chi connectivity index (χ3n) is 4.21. The molecule has 0 spiro atoms. The zero-order chi connectivity index (χ0) is 21.6. The smallest absolute Gasteiger partial charge is 0.410 e. The number of hydrogen-bond acceptors (Lipinski definition) is 6. The van der Waals surface area contributed by atoms with Crippen LogP contribution >= 0.6 is 15.9 Å². The Morgan fingerprint density at radius 1 is 1.31 bits per heavy atom. The fourth-order valence-electron chi connectivity index (χ4n) is 3.04. The Hall–Kier alpha value is -1.84. The van der Waals surface area contributed by atoms with E-state index in [1.807, 2.05) is 0 Å². The van der Waals surface area contributed by atoms with E-state index in [0.717, 1.165) is 0 Å². The Balaban J connectivity index is 1.81. The maximum atomic E-state index is 13.1. The molecule has 8 nitrogen and oxygen atoms in total. The molecular weight excluding hydrogens is 439 g/mol. The first-order valence-electron chi connectivity index (χ1n) is 9.02. The number of carbonyl (C=O) groups excluding carboxylic acids is 2. The third kappa shape index (κ3) is 5.21. The van der Waals surface area contributed by atoms with E-state index in [9.17, 15) is 9.59 Å². The van der Waals surface area contributed by atoms with Crippen molar-refractivity contribution in [1.29, 1.82) is 0 Å². The van der Waals surface area contributed by atoms with Crippen LogP contribution < -0.4 is 9.47 Å². The molecule has 3 heterocycles. The van der Waals surface area contributed by atoms with Crippen LogP contribution in [0.5, 0.6) is 11.6 Å². The first-order chi connectivity index (χ1) is 13.3. The summed E-state index contributed by atoms with van der Waals surface area (Å²) in [6.07, 6.45) is -0.423. The number of hydrogen-bond donors (Lipinski definition) is 0. The number of ether oxygens (including phenoxy) is 3. The number of nitrogens with zero attached hydrogens (tertiary/aromatic N) is 3. The molecule has 2 amide bonds. The molecule has 2 aliphatic heterocycles. The van der Waals surface area contributed by atoms with Gasteiger partial charge in [0.05, 0.1) is 10.5 Å². The molecule has 0 bridgehead atoms. The van der Waals surface area contributed by atoms with Crippen LogP contribution in [0.1, 0.15) is 31.3 Å². The van der Waals surface area contributed by atoms with Crippen molar-refractivity contribution in [3.05, 3.63) is 16.2 Å². The lowest BCUT2D eigenvalue weighted by Gasteiger charge is -2.40. The topological polar surface area (TPSA) is 81.2 Å². The highest BCUT2D eigenvalue weighted by Crippen LogP contribution is 2.34. The van der Waals surface area contributed by atoms with Crippen LogP contribution in [0.15, 0.2) is 10.5 Å².